The predicted molar refractivity (Wildman–Crippen MR) is 128 cm³/mol. The number of anilines is 1. The van der Waals surface area contributed by atoms with E-state index in [1.807, 2.05) is 54.1 Å². The van der Waals surface area contributed by atoms with Crippen LogP contribution >= 0.6 is 50.6 Å². The highest BCUT2D eigenvalue weighted by Crippen LogP contribution is 2.30. The number of rotatable bonds is 7. The highest BCUT2D eigenvalue weighted by atomic mass is 79.9. The summed E-state index contributed by atoms with van der Waals surface area (Å²) in [5.41, 5.74) is 1.73. The van der Waals surface area contributed by atoms with Crippen LogP contribution in [0.4, 0.5) is 5.13 Å². The van der Waals surface area contributed by atoms with Crippen molar-refractivity contribution in [2.24, 2.45) is 0 Å². The van der Waals surface area contributed by atoms with Crippen molar-refractivity contribution in [1.82, 2.24) is 19.7 Å². The fraction of sp³-hybridized carbons (Fsp3) is 0.200. The zero-order chi connectivity index (χ0) is 22.0. The Morgan fingerprint density at radius 3 is 2.71 bits per heavy atom. The van der Waals surface area contributed by atoms with Crippen LogP contribution in [0.25, 0.3) is 22.8 Å². The van der Waals surface area contributed by atoms with Gasteiger partial charge in [0.15, 0.2) is 20.7 Å². The summed E-state index contributed by atoms with van der Waals surface area (Å²) in [7, 11) is 0. The van der Waals surface area contributed by atoms with E-state index in [2.05, 4.69) is 36.4 Å². The number of nitrogens with one attached hydrogen (secondary N) is 1. The zero-order valence-electron chi connectivity index (χ0n) is 16.5. The van der Waals surface area contributed by atoms with Crippen molar-refractivity contribution in [3.05, 3.63) is 51.5 Å². The van der Waals surface area contributed by atoms with E-state index >= 15 is 0 Å². The minimum atomic E-state index is -0.164. The maximum absolute atomic E-state index is 12.5. The average molecular weight is 539 g/mol. The molecule has 1 aromatic carbocycles. The van der Waals surface area contributed by atoms with E-state index < -0.39 is 0 Å². The molecule has 160 valence electrons. The van der Waals surface area contributed by atoms with Gasteiger partial charge in [0.25, 0.3) is 0 Å². The number of hydrogen-bond donors (Lipinski definition) is 1. The lowest BCUT2D eigenvalue weighted by molar-refractivity contribution is -0.113. The van der Waals surface area contributed by atoms with E-state index in [4.69, 9.17) is 16.0 Å². The first-order valence-electron chi connectivity index (χ1n) is 9.25. The van der Waals surface area contributed by atoms with Gasteiger partial charge in [0.1, 0.15) is 0 Å². The normalized spacial score (nSPS) is 11.3. The molecule has 0 fully saturated rings. The van der Waals surface area contributed by atoms with Crippen LogP contribution in [0.2, 0.25) is 5.02 Å². The Labute approximate surface area is 200 Å². The van der Waals surface area contributed by atoms with Crippen LogP contribution in [0.1, 0.15) is 19.9 Å². The van der Waals surface area contributed by atoms with E-state index in [0.717, 1.165) is 11.3 Å². The van der Waals surface area contributed by atoms with Crippen LogP contribution in [-0.2, 0) is 4.79 Å². The first-order valence-corrected chi connectivity index (χ1v) is 12.3. The maximum Gasteiger partial charge on any atom is 0.236 e. The highest BCUT2D eigenvalue weighted by molar-refractivity contribution is 9.10. The fourth-order valence-corrected chi connectivity index (χ4v) is 4.85. The molecule has 0 aliphatic heterocycles. The second-order valence-corrected chi connectivity index (χ2v) is 9.77. The Bertz CT molecular complexity index is 1200. The summed E-state index contributed by atoms with van der Waals surface area (Å²) >= 11 is 11.9. The molecule has 0 saturated heterocycles. The van der Waals surface area contributed by atoms with Crippen molar-refractivity contribution in [1.29, 1.82) is 0 Å². The SMILES string of the molecule is CC(C)n1c(SCC(=O)Nc2nc(-c3ccc(Cl)cc3)cs2)nnc1-c1ccc(Br)o1. The molecule has 4 rings (SSSR count). The molecule has 0 aliphatic rings. The minimum Gasteiger partial charge on any atom is -0.446 e. The third kappa shape index (κ3) is 5.20. The molecule has 3 heterocycles. The summed E-state index contributed by atoms with van der Waals surface area (Å²) in [5, 5.41) is 15.1. The molecule has 11 heteroatoms. The Morgan fingerprint density at radius 2 is 2.03 bits per heavy atom. The van der Waals surface area contributed by atoms with Crippen LogP contribution in [0.5, 0.6) is 0 Å². The first kappa shape index (κ1) is 22.1. The summed E-state index contributed by atoms with van der Waals surface area (Å²) in [6.45, 7) is 4.06. The predicted octanol–water partition coefficient (Wildman–Crippen LogP) is 6.39. The number of aromatic nitrogens is 4. The second-order valence-electron chi connectivity index (χ2n) is 6.76. The summed E-state index contributed by atoms with van der Waals surface area (Å²) in [6, 6.07) is 11.1. The quantitative estimate of drug-likeness (QED) is 0.274. The van der Waals surface area contributed by atoms with Crippen LogP contribution < -0.4 is 5.32 Å². The van der Waals surface area contributed by atoms with Gasteiger partial charge in [0.05, 0.1) is 11.4 Å². The molecule has 7 nitrogen and oxygen atoms in total. The molecule has 3 aromatic heterocycles. The van der Waals surface area contributed by atoms with E-state index in [0.29, 0.717) is 31.6 Å². The molecule has 0 saturated carbocycles. The van der Waals surface area contributed by atoms with E-state index in [9.17, 15) is 4.79 Å². The number of thiazole rings is 1. The van der Waals surface area contributed by atoms with Crippen molar-refractivity contribution in [3.8, 4) is 22.8 Å². The first-order chi connectivity index (χ1) is 14.9. The van der Waals surface area contributed by atoms with Gasteiger partial charge in [-0.15, -0.1) is 21.5 Å². The molecular weight excluding hydrogens is 522 g/mol. The van der Waals surface area contributed by atoms with Crippen LogP contribution in [-0.4, -0.2) is 31.4 Å². The number of thioether (sulfide) groups is 1. The number of hydrogen-bond acceptors (Lipinski definition) is 7. The van der Waals surface area contributed by atoms with E-state index in [-0.39, 0.29) is 17.7 Å². The van der Waals surface area contributed by atoms with Crippen molar-refractivity contribution in [2.45, 2.75) is 25.0 Å². The van der Waals surface area contributed by atoms with Crippen molar-refractivity contribution < 1.29 is 9.21 Å². The summed E-state index contributed by atoms with van der Waals surface area (Å²) in [6.07, 6.45) is 0. The zero-order valence-corrected chi connectivity index (χ0v) is 20.5. The third-order valence-corrected chi connectivity index (χ3v) is 6.58. The number of benzene rings is 1. The molecule has 0 radical (unpaired) electrons. The van der Waals surface area contributed by atoms with Crippen molar-refractivity contribution in [2.75, 3.05) is 11.1 Å². The molecule has 31 heavy (non-hydrogen) atoms. The van der Waals surface area contributed by atoms with Gasteiger partial charge >= 0.3 is 0 Å². The summed E-state index contributed by atoms with van der Waals surface area (Å²) in [5.74, 6) is 1.25. The fourth-order valence-electron chi connectivity index (χ4n) is 2.81. The molecule has 0 bridgehead atoms. The van der Waals surface area contributed by atoms with Gasteiger partial charge in [-0.2, -0.15) is 0 Å². The standard InChI is InChI=1S/C20H17BrClN5O2S2/c1-11(2)27-18(15-7-8-16(21)29-15)25-26-20(27)31-10-17(28)24-19-23-14(9-30-19)12-3-5-13(22)6-4-12/h3-9,11H,10H2,1-2H3,(H,23,24,28). The van der Waals surface area contributed by atoms with Gasteiger partial charge in [0.2, 0.25) is 11.7 Å². The number of halogens is 2. The van der Waals surface area contributed by atoms with Crippen LogP contribution in [0.3, 0.4) is 0 Å². The topological polar surface area (TPSA) is 85.8 Å². The van der Waals surface area contributed by atoms with Crippen molar-refractivity contribution in [3.63, 3.8) is 0 Å². The van der Waals surface area contributed by atoms with Gasteiger partial charge in [-0.3, -0.25) is 9.36 Å². The Morgan fingerprint density at radius 1 is 1.26 bits per heavy atom. The number of furan rings is 1. The largest absolute Gasteiger partial charge is 0.446 e. The molecule has 0 aliphatic carbocycles. The van der Waals surface area contributed by atoms with E-state index in [1.165, 1.54) is 23.1 Å². The molecule has 1 N–H and O–H groups in total. The molecule has 0 atom stereocenters. The van der Waals surface area contributed by atoms with Gasteiger partial charge < -0.3 is 9.73 Å². The highest BCUT2D eigenvalue weighted by Gasteiger charge is 2.20. The molecule has 0 spiro atoms. The number of carbonyl (C=O) groups excluding carboxylic acids is 1. The smallest absolute Gasteiger partial charge is 0.236 e. The lowest BCUT2D eigenvalue weighted by Gasteiger charge is -2.12. The monoisotopic (exact) mass is 537 g/mol. The average Bonchev–Trinajstić information content (AvgIpc) is 3.46. The third-order valence-electron chi connectivity index (χ3n) is 4.20. The minimum absolute atomic E-state index is 0.0975. The molecule has 0 unspecified atom stereocenters. The summed E-state index contributed by atoms with van der Waals surface area (Å²) < 4.78 is 8.18. The lowest BCUT2D eigenvalue weighted by atomic mass is 10.2. The van der Waals surface area contributed by atoms with Crippen LogP contribution in [0, 0.1) is 0 Å². The van der Waals surface area contributed by atoms with E-state index in [1.54, 1.807) is 6.07 Å². The number of nitrogens with zero attached hydrogens (tertiary/aromatic N) is 4. The van der Waals surface area contributed by atoms with Crippen LogP contribution in [0.15, 0.2) is 56.0 Å². The van der Waals surface area contributed by atoms with Gasteiger partial charge in [-0.1, -0.05) is 35.5 Å². The maximum atomic E-state index is 12.5. The Kier molecular flexibility index (Phi) is 6.80. The number of amides is 1. The van der Waals surface area contributed by atoms with Gasteiger partial charge in [-0.05, 0) is 54.0 Å². The summed E-state index contributed by atoms with van der Waals surface area (Å²) in [4.78, 5) is 17.0. The lowest BCUT2D eigenvalue weighted by Crippen LogP contribution is -2.15. The van der Waals surface area contributed by atoms with Crippen molar-refractivity contribution >= 4 is 61.7 Å². The van der Waals surface area contributed by atoms with Gasteiger partial charge in [-0.25, -0.2) is 4.98 Å². The van der Waals surface area contributed by atoms with Gasteiger partial charge in [0, 0.05) is 22.0 Å². The molecular formula is C20H17BrClN5O2S2. The molecule has 1 amide bonds. The Balaban J connectivity index is 1.41. The number of carbonyl (C=O) groups is 1. The Hall–Kier alpha value is -2.14. The second kappa shape index (κ2) is 9.56. The molecule has 4 aromatic rings.